The van der Waals surface area contributed by atoms with Crippen LogP contribution in [0.1, 0.15) is 0 Å². The van der Waals surface area contributed by atoms with E-state index in [1.807, 2.05) is 19.6 Å². The van der Waals surface area contributed by atoms with Crippen molar-refractivity contribution in [2.45, 2.75) is 72.0 Å². The van der Waals surface area contributed by atoms with Gasteiger partial charge in [-0.25, -0.2) is 0 Å². The van der Waals surface area contributed by atoms with Gasteiger partial charge in [0.2, 0.25) is 50.4 Å². The van der Waals surface area contributed by atoms with E-state index >= 15 is 0 Å². The van der Waals surface area contributed by atoms with Gasteiger partial charge in [-0.2, -0.15) is 0 Å². The first-order valence-electron chi connectivity index (χ1n) is 13.1. The standard InChI is InChI=1S/C12H45O16Si17/c1-22-43(29,33-16)45(24-31-14,39(9,10)21)42(27-40(11,12)25-36(2,3)4,44(34-17,35-18)26-37(5,6)19)28-41(32-15,23-30-13)38(7,8)20/h13-21H,1-12H3. The Hall–Kier alpha value is 3.05. The first-order chi connectivity index (χ1) is 20.0. The summed E-state index contributed by atoms with van der Waals surface area (Å²) < 4.78 is 45.5. The highest BCUT2D eigenvalue weighted by Gasteiger charge is 2.89. The first-order valence-corrected chi connectivity index (χ1v) is 53.4. The zero-order valence-electron chi connectivity index (χ0n) is 27.4. The largest absolute Gasteiger partial charge is 0.437 e. The Balaban J connectivity index is 9.32. The summed E-state index contributed by atoms with van der Waals surface area (Å²) in [5, 5.41) is 0. The van der Waals surface area contributed by atoms with Gasteiger partial charge in [0.05, 0.1) is 0 Å². The highest BCUT2D eigenvalue weighted by Crippen LogP contribution is 2.45. The van der Waals surface area contributed by atoms with Gasteiger partial charge in [-0.1, -0.05) is 0 Å². The average Bonchev–Trinajstić information content (AvgIpc) is 2.85. The maximum Gasteiger partial charge on any atom is 0.420 e. The highest BCUT2D eigenvalue weighted by atomic mass is 30.3. The molecule has 0 heterocycles. The molecule has 45 heavy (non-hydrogen) atoms. The van der Waals surface area contributed by atoms with Crippen LogP contribution in [-0.4, -0.2) is 194 Å². The minimum Gasteiger partial charge on any atom is -0.437 e. The predicted molar refractivity (Wildman–Crippen MR) is 196 cm³/mol. The van der Waals surface area contributed by atoms with Crippen LogP contribution < -0.4 is 0 Å². The Kier molecular flexibility index (Phi) is 18.4. The van der Waals surface area contributed by atoms with Crippen molar-refractivity contribution in [2.24, 2.45) is 0 Å². The molecule has 4 atom stereocenters. The second kappa shape index (κ2) is 17.2. The van der Waals surface area contributed by atoms with E-state index in [0.29, 0.717) is 0 Å². The van der Waals surface area contributed by atoms with Crippen LogP contribution in [0.25, 0.3) is 0 Å². The van der Waals surface area contributed by atoms with Gasteiger partial charge in [0, 0.05) is 16.9 Å². The Morgan fingerprint density at radius 3 is 1.29 bits per heavy atom. The normalized spacial score (nSPS) is 19.9. The van der Waals surface area contributed by atoms with Crippen LogP contribution in [0.15, 0.2) is 0 Å². The van der Waals surface area contributed by atoms with Crippen molar-refractivity contribution in [3.05, 3.63) is 0 Å². The molecule has 0 aliphatic rings. The molecular formula is C12H45O16Si17. The zero-order chi connectivity index (χ0) is 36.2. The molecule has 0 aromatic rings. The summed E-state index contributed by atoms with van der Waals surface area (Å²) in [7, 11) is -30.2. The van der Waals surface area contributed by atoms with Crippen LogP contribution >= 0.6 is 0 Å². The molecule has 16 nitrogen and oxygen atoms in total. The van der Waals surface area contributed by atoms with Gasteiger partial charge in [0.1, 0.15) is 0 Å². The lowest BCUT2D eigenvalue weighted by Crippen LogP contribution is -3.03. The van der Waals surface area contributed by atoms with E-state index < -0.39 is 134 Å². The van der Waals surface area contributed by atoms with Crippen molar-refractivity contribution < 1.29 is 72.3 Å². The van der Waals surface area contributed by atoms with Gasteiger partial charge in [-0.05, 0) is 72.0 Å². The molecule has 0 aliphatic carbocycles. The molecule has 0 bridgehead atoms. The van der Waals surface area contributed by atoms with E-state index in [4.69, 9.17) is 29.1 Å². The Morgan fingerprint density at radius 2 is 1.02 bits per heavy atom. The van der Waals surface area contributed by atoms with Gasteiger partial charge < -0.3 is 72.3 Å². The maximum atomic E-state index is 12.5. The number of rotatable bonds is 22. The number of hydrogen-bond donors (Lipinski definition) is 9. The summed E-state index contributed by atoms with van der Waals surface area (Å²) in [6.45, 7) is 4.03. The van der Waals surface area contributed by atoms with E-state index in [-0.39, 0.29) is 0 Å². The van der Waals surface area contributed by atoms with Crippen LogP contribution in [0.5, 0.6) is 0 Å². The van der Waals surface area contributed by atoms with Crippen LogP contribution in [0.4, 0.5) is 0 Å². The van der Waals surface area contributed by atoms with Crippen molar-refractivity contribution in [3.8, 4) is 0 Å². The van der Waals surface area contributed by atoms with E-state index in [1.54, 1.807) is 13.1 Å². The van der Waals surface area contributed by atoms with E-state index in [1.165, 1.54) is 46.4 Å². The van der Waals surface area contributed by atoms with Crippen molar-refractivity contribution >= 4 is 144 Å². The van der Waals surface area contributed by atoms with Crippen molar-refractivity contribution in [3.63, 3.8) is 0 Å². The van der Waals surface area contributed by atoms with Gasteiger partial charge in [-0.3, -0.25) is 0 Å². The summed E-state index contributed by atoms with van der Waals surface area (Å²) in [6, 6.07) is 0. The molecule has 0 aromatic carbocycles. The van der Waals surface area contributed by atoms with Gasteiger partial charge in [0.15, 0.2) is 8.32 Å². The van der Waals surface area contributed by atoms with E-state index in [0.717, 1.165) is 0 Å². The average molecular weight is 923 g/mol. The van der Waals surface area contributed by atoms with E-state index in [9.17, 15) is 43.2 Å². The summed E-state index contributed by atoms with van der Waals surface area (Å²) in [5.41, 5.74) is 0. The molecule has 4 unspecified atom stereocenters. The Bertz CT molecular complexity index is 920. The molecule has 0 saturated carbocycles. The van der Waals surface area contributed by atoms with Crippen molar-refractivity contribution in [1.82, 2.24) is 0 Å². The third-order valence-electron chi connectivity index (χ3n) is 6.04. The molecule has 9 N–H and O–H groups in total. The van der Waals surface area contributed by atoms with Gasteiger partial charge >= 0.3 is 52.3 Å². The third kappa shape index (κ3) is 10.6. The second-order valence-electron chi connectivity index (χ2n) is 12.8. The molecule has 0 fully saturated rings. The lowest BCUT2D eigenvalue weighted by atomic mass is 11.8. The van der Waals surface area contributed by atoms with E-state index in [2.05, 4.69) is 9.76 Å². The van der Waals surface area contributed by atoms with Crippen molar-refractivity contribution in [1.29, 1.82) is 0 Å². The van der Waals surface area contributed by atoms with Crippen molar-refractivity contribution in [2.75, 3.05) is 7.11 Å². The Morgan fingerprint density at radius 1 is 0.556 bits per heavy atom. The molecule has 0 amide bonds. The molecule has 0 aliphatic heterocycles. The summed E-state index contributed by atoms with van der Waals surface area (Å²) in [4.78, 5) is 101. The quantitative estimate of drug-likeness (QED) is 0.0461. The SMILES string of the molecule is CO[Si]([Si])([Si]O)[Si](O[Si]O)([Si](C)(C)O)[Si](O[Si](C)(C)O[Si](C)(C)C)(O[Si](O[Si]O)([Si]O)[Si](C)(C)O)[Si](O[Si](C)(C)O)([Si]O)[Si]O. The summed E-state index contributed by atoms with van der Waals surface area (Å²) >= 11 is 0. The fourth-order valence-electron chi connectivity index (χ4n) is 4.71. The minimum absolute atomic E-state index is 1.10. The molecule has 0 rings (SSSR count). The molecule has 257 valence electrons. The third-order valence-corrected chi connectivity index (χ3v) is 140. The maximum absolute atomic E-state index is 12.5. The summed E-state index contributed by atoms with van der Waals surface area (Å²) in [5.74, 6) is 0. The smallest absolute Gasteiger partial charge is 0.420 e. The molecule has 15 radical (unpaired) electrons. The fourth-order valence-corrected chi connectivity index (χ4v) is 216. The second-order valence-corrected chi connectivity index (χ2v) is 95.5. The molecular weight excluding hydrogens is 878 g/mol. The predicted octanol–water partition coefficient (Wildman–Crippen LogP) is -5.38. The lowest BCUT2D eigenvalue weighted by molar-refractivity contribution is 0.301. The number of hydrogen-bond acceptors (Lipinski definition) is 16. The van der Waals surface area contributed by atoms with Crippen LogP contribution in [-0.2, 0) is 29.1 Å². The Labute approximate surface area is 293 Å². The molecule has 33 heteroatoms. The molecule has 0 aromatic heterocycles. The molecule has 0 spiro atoms. The highest BCUT2D eigenvalue weighted by molar-refractivity contribution is 8.08. The van der Waals surface area contributed by atoms with Gasteiger partial charge in [0.25, 0.3) is 23.0 Å². The topological polar surface area (TPSA) is 247 Å². The fraction of sp³-hybridized carbons (Fsp3) is 1.00. The van der Waals surface area contributed by atoms with Gasteiger partial charge in [-0.15, -0.1) is 0 Å². The minimum atomic E-state index is -5.20. The molecule has 0 saturated heterocycles. The lowest BCUT2D eigenvalue weighted by Gasteiger charge is -2.62. The first kappa shape index (κ1) is 48.0. The van der Waals surface area contributed by atoms with Crippen LogP contribution in [0.2, 0.25) is 72.0 Å². The van der Waals surface area contributed by atoms with Crippen LogP contribution in [0.3, 0.4) is 0 Å². The summed E-state index contributed by atoms with van der Waals surface area (Å²) in [6.07, 6.45) is 0. The monoisotopic (exact) mass is 921 g/mol. The van der Waals surface area contributed by atoms with Crippen LogP contribution in [0, 0.1) is 0 Å². The zero-order valence-corrected chi connectivity index (χ0v) is 44.4.